The van der Waals surface area contributed by atoms with E-state index in [9.17, 15) is 14.4 Å². The van der Waals surface area contributed by atoms with E-state index in [2.05, 4.69) is 27.7 Å². The van der Waals surface area contributed by atoms with Gasteiger partial charge in [0.1, 0.15) is 13.2 Å². The van der Waals surface area contributed by atoms with Crippen LogP contribution in [0.4, 0.5) is 0 Å². The molecule has 0 radical (unpaired) electrons. The van der Waals surface area contributed by atoms with Gasteiger partial charge in [0.15, 0.2) is 6.10 Å². The zero-order valence-corrected chi connectivity index (χ0v) is 46.6. The van der Waals surface area contributed by atoms with E-state index in [1.807, 2.05) is 0 Å². The molecule has 6 nitrogen and oxygen atoms in total. The molecule has 0 spiro atoms. The van der Waals surface area contributed by atoms with E-state index in [4.69, 9.17) is 14.2 Å². The van der Waals surface area contributed by atoms with Crippen LogP contribution in [-0.2, 0) is 28.6 Å². The molecule has 6 heteroatoms. The number of carbonyl (C=O) groups excluding carboxylic acids is 3. The first-order valence-corrected chi connectivity index (χ1v) is 30.9. The molecule has 404 valence electrons. The predicted molar refractivity (Wildman–Crippen MR) is 293 cm³/mol. The van der Waals surface area contributed by atoms with Gasteiger partial charge < -0.3 is 14.2 Å². The highest BCUT2D eigenvalue weighted by atomic mass is 16.6. The number of hydrogen-bond acceptors (Lipinski definition) is 6. The normalized spacial score (nSPS) is 12.0. The predicted octanol–water partition coefficient (Wildman–Crippen LogP) is 20.6. The lowest BCUT2D eigenvalue weighted by molar-refractivity contribution is -0.167. The van der Waals surface area contributed by atoms with Crippen molar-refractivity contribution in [3.63, 3.8) is 0 Å². The molecule has 0 aromatic carbocycles. The van der Waals surface area contributed by atoms with E-state index in [-0.39, 0.29) is 31.1 Å². The highest BCUT2D eigenvalue weighted by Crippen LogP contribution is 2.18. The molecule has 0 aliphatic rings. The Balaban J connectivity index is 4.26. The molecule has 0 heterocycles. The third-order valence-electron chi connectivity index (χ3n) is 14.3. The summed E-state index contributed by atoms with van der Waals surface area (Å²) in [5.74, 6) is 0.0175. The molecule has 0 aromatic rings. The van der Waals surface area contributed by atoms with Gasteiger partial charge in [-0.1, -0.05) is 317 Å². The standard InChI is InChI=1S/C62H120O6/c1-5-7-9-11-13-15-17-19-20-21-22-23-26-30-34-38-42-46-50-54-61(64)67-57-59(56-66-60(63)53-49-45-41-37-33-28-18-16-14-12-10-8-6-2)68-62(65)55-51-47-43-39-35-31-27-24-25-29-32-36-40-44-48-52-58(3)4/h58-59H,5-57H2,1-4H3/t59-/m0/s1. The van der Waals surface area contributed by atoms with Crippen LogP contribution in [0.5, 0.6) is 0 Å². The van der Waals surface area contributed by atoms with Crippen molar-refractivity contribution in [2.45, 2.75) is 361 Å². The number of esters is 3. The fourth-order valence-corrected chi connectivity index (χ4v) is 9.63. The Bertz CT molecular complexity index is 1030. The minimum Gasteiger partial charge on any atom is -0.462 e. The van der Waals surface area contributed by atoms with Crippen molar-refractivity contribution in [1.82, 2.24) is 0 Å². The fourth-order valence-electron chi connectivity index (χ4n) is 9.63. The van der Waals surface area contributed by atoms with Crippen molar-refractivity contribution >= 4 is 17.9 Å². The lowest BCUT2D eigenvalue weighted by Gasteiger charge is -2.18. The second-order valence-electron chi connectivity index (χ2n) is 21.8. The van der Waals surface area contributed by atoms with Crippen LogP contribution in [0.1, 0.15) is 355 Å². The van der Waals surface area contributed by atoms with Crippen LogP contribution in [0.15, 0.2) is 0 Å². The van der Waals surface area contributed by atoms with E-state index in [0.29, 0.717) is 19.3 Å². The lowest BCUT2D eigenvalue weighted by Crippen LogP contribution is -2.30. The number of ether oxygens (including phenoxy) is 3. The molecule has 0 fully saturated rings. The SMILES string of the molecule is CCCCCCCCCCCCCCCCCCCCCC(=O)OC[C@H](COC(=O)CCCCCCCCCCCCCCC)OC(=O)CCCCCCCCCCCCCCCCCC(C)C. The van der Waals surface area contributed by atoms with Gasteiger partial charge in [0.2, 0.25) is 0 Å². The van der Waals surface area contributed by atoms with E-state index < -0.39 is 6.10 Å². The number of unbranched alkanes of at least 4 members (excludes halogenated alkanes) is 44. The smallest absolute Gasteiger partial charge is 0.306 e. The van der Waals surface area contributed by atoms with E-state index >= 15 is 0 Å². The van der Waals surface area contributed by atoms with Gasteiger partial charge in [-0.2, -0.15) is 0 Å². The topological polar surface area (TPSA) is 78.9 Å². The summed E-state index contributed by atoms with van der Waals surface area (Å²) in [6.45, 7) is 9.08. The summed E-state index contributed by atoms with van der Waals surface area (Å²) in [5, 5.41) is 0. The summed E-state index contributed by atoms with van der Waals surface area (Å²) < 4.78 is 16.9. The highest BCUT2D eigenvalue weighted by molar-refractivity contribution is 5.71. The Morgan fingerprint density at radius 1 is 0.279 bits per heavy atom. The number of carbonyl (C=O) groups is 3. The summed E-state index contributed by atoms with van der Waals surface area (Å²) >= 11 is 0. The summed E-state index contributed by atoms with van der Waals surface area (Å²) in [5.41, 5.74) is 0. The second-order valence-corrected chi connectivity index (χ2v) is 21.8. The van der Waals surface area contributed by atoms with Crippen LogP contribution in [0, 0.1) is 5.92 Å². The van der Waals surface area contributed by atoms with Crippen LogP contribution >= 0.6 is 0 Å². The molecule has 0 amide bonds. The summed E-state index contributed by atoms with van der Waals surface area (Å²) in [6.07, 6.45) is 62.4. The molecule has 0 unspecified atom stereocenters. The van der Waals surface area contributed by atoms with Crippen molar-refractivity contribution in [1.29, 1.82) is 0 Å². The molecule has 68 heavy (non-hydrogen) atoms. The Hall–Kier alpha value is -1.59. The average Bonchev–Trinajstić information content (AvgIpc) is 3.32. The largest absolute Gasteiger partial charge is 0.462 e. The monoisotopic (exact) mass is 961 g/mol. The maximum Gasteiger partial charge on any atom is 0.306 e. The van der Waals surface area contributed by atoms with Gasteiger partial charge in [-0.3, -0.25) is 14.4 Å². The van der Waals surface area contributed by atoms with Crippen LogP contribution in [-0.4, -0.2) is 37.2 Å². The van der Waals surface area contributed by atoms with Crippen molar-refractivity contribution in [2.75, 3.05) is 13.2 Å². The third kappa shape index (κ3) is 55.3. The Labute approximate surface area is 425 Å². The second kappa shape index (κ2) is 56.3. The molecule has 0 N–H and O–H groups in total. The minimum absolute atomic E-state index is 0.0613. The molecule has 0 aliphatic heterocycles. The van der Waals surface area contributed by atoms with Gasteiger partial charge in [-0.25, -0.2) is 0 Å². The highest BCUT2D eigenvalue weighted by Gasteiger charge is 2.19. The molecule has 0 aliphatic carbocycles. The zero-order valence-electron chi connectivity index (χ0n) is 46.6. The van der Waals surface area contributed by atoms with Crippen molar-refractivity contribution in [3.8, 4) is 0 Å². The zero-order chi connectivity index (χ0) is 49.5. The van der Waals surface area contributed by atoms with Crippen molar-refractivity contribution in [2.24, 2.45) is 5.92 Å². The number of rotatable bonds is 57. The van der Waals surface area contributed by atoms with Gasteiger partial charge in [0.25, 0.3) is 0 Å². The first-order valence-electron chi connectivity index (χ1n) is 30.9. The van der Waals surface area contributed by atoms with E-state index in [1.54, 1.807) is 0 Å². The Kier molecular flexibility index (Phi) is 55.0. The van der Waals surface area contributed by atoms with Gasteiger partial charge in [0, 0.05) is 19.3 Å². The number of hydrogen-bond donors (Lipinski definition) is 0. The molecule has 0 saturated heterocycles. The van der Waals surface area contributed by atoms with Crippen LogP contribution in [0.2, 0.25) is 0 Å². The molecule has 0 saturated carbocycles. The van der Waals surface area contributed by atoms with Gasteiger partial charge in [-0.05, 0) is 25.2 Å². The van der Waals surface area contributed by atoms with Gasteiger partial charge in [0.05, 0.1) is 0 Å². The quantitative estimate of drug-likeness (QED) is 0.0343. The average molecular weight is 962 g/mol. The fraction of sp³-hybridized carbons (Fsp3) is 0.952. The van der Waals surface area contributed by atoms with Crippen LogP contribution in [0.3, 0.4) is 0 Å². The molecule has 0 rings (SSSR count). The van der Waals surface area contributed by atoms with Crippen molar-refractivity contribution in [3.05, 3.63) is 0 Å². The molecule has 1 atom stereocenters. The summed E-state index contributed by atoms with van der Waals surface area (Å²) in [6, 6.07) is 0. The molecular weight excluding hydrogens is 841 g/mol. The maximum atomic E-state index is 12.9. The summed E-state index contributed by atoms with van der Waals surface area (Å²) in [4.78, 5) is 38.2. The Morgan fingerprint density at radius 2 is 0.485 bits per heavy atom. The molecule has 0 bridgehead atoms. The van der Waals surface area contributed by atoms with E-state index in [1.165, 1.54) is 250 Å². The Morgan fingerprint density at radius 3 is 0.721 bits per heavy atom. The van der Waals surface area contributed by atoms with Crippen LogP contribution in [0.25, 0.3) is 0 Å². The van der Waals surface area contributed by atoms with E-state index in [0.717, 1.165) is 63.7 Å². The maximum absolute atomic E-state index is 12.9. The van der Waals surface area contributed by atoms with Crippen LogP contribution < -0.4 is 0 Å². The molecular formula is C62H120O6. The lowest BCUT2D eigenvalue weighted by atomic mass is 10.0. The summed E-state index contributed by atoms with van der Waals surface area (Å²) in [7, 11) is 0. The minimum atomic E-state index is -0.762. The molecule has 0 aromatic heterocycles. The third-order valence-corrected chi connectivity index (χ3v) is 14.3. The first-order chi connectivity index (χ1) is 33.4. The van der Waals surface area contributed by atoms with Gasteiger partial charge >= 0.3 is 17.9 Å². The van der Waals surface area contributed by atoms with Gasteiger partial charge in [-0.15, -0.1) is 0 Å². The van der Waals surface area contributed by atoms with Crippen molar-refractivity contribution < 1.29 is 28.6 Å². The first kappa shape index (κ1) is 66.4.